The van der Waals surface area contributed by atoms with Crippen LogP contribution in [0.4, 0.5) is 0 Å². The maximum absolute atomic E-state index is 5.23. The van der Waals surface area contributed by atoms with Crippen LogP contribution in [0.1, 0.15) is 0 Å². The maximum atomic E-state index is 5.23. The van der Waals surface area contributed by atoms with Crippen LogP contribution in [0.2, 0.25) is 0 Å². The van der Waals surface area contributed by atoms with E-state index in [0.29, 0.717) is 0 Å². The molecule has 0 atom stereocenters. The SMILES string of the molecule is COc1cccc(-c2csc(-c3ccccn3)n2)c1. The fourth-order valence-electron chi connectivity index (χ4n) is 1.80. The van der Waals surface area contributed by atoms with E-state index in [-0.39, 0.29) is 0 Å². The summed E-state index contributed by atoms with van der Waals surface area (Å²) in [6.45, 7) is 0. The molecule has 0 aliphatic rings. The molecular formula is C15H12N2OS. The first-order chi connectivity index (χ1) is 9.36. The van der Waals surface area contributed by atoms with Crippen molar-refractivity contribution in [2.24, 2.45) is 0 Å². The van der Waals surface area contributed by atoms with E-state index >= 15 is 0 Å². The highest BCUT2D eigenvalue weighted by Gasteiger charge is 2.07. The minimum absolute atomic E-state index is 0.838. The van der Waals surface area contributed by atoms with Gasteiger partial charge in [0.2, 0.25) is 0 Å². The van der Waals surface area contributed by atoms with Gasteiger partial charge in [0.1, 0.15) is 10.8 Å². The molecule has 94 valence electrons. The Hall–Kier alpha value is -2.20. The van der Waals surface area contributed by atoms with Crippen molar-refractivity contribution in [2.45, 2.75) is 0 Å². The molecule has 0 radical (unpaired) electrons. The lowest BCUT2D eigenvalue weighted by molar-refractivity contribution is 0.415. The summed E-state index contributed by atoms with van der Waals surface area (Å²) in [5, 5.41) is 2.97. The number of nitrogens with zero attached hydrogens (tertiary/aromatic N) is 2. The molecule has 1 aromatic carbocycles. The number of benzene rings is 1. The first-order valence-electron chi connectivity index (χ1n) is 5.88. The number of pyridine rings is 1. The van der Waals surface area contributed by atoms with Crippen molar-refractivity contribution in [3.8, 4) is 27.7 Å². The Morgan fingerprint density at radius 3 is 2.79 bits per heavy atom. The topological polar surface area (TPSA) is 35.0 Å². The van der Waals surface area contributed by atoms with Crippen LogP contribution in [-0.4, -0.2) is 17.1 Å². The quantitative estimate of drug-likeness (QED) is 0.723. The Kier molecular flexibility index (Phi) is 3.25. The Morgan fingerprint density at radius 2 is 2.00 bits per heavy atom. The van der Waals surface area contributed by atoms with Crippen LogP contribution in [0.15, 0.2) is 54.0 Å². The van der Waals surface area contributed by atoms with Gasteiger partial charge in [-0.3, -0.25) is 4.98 Å². The zero-order valence-electron chi connectivity index (χ0n) is 10.4. The highest BCUT2D eigenvalue weighted by atomic mass is 32.1. The van der Waals surface area contributed by atoms with Gasteiger partial charge in [-0.2, -0.15) is 0 Å². The summed E-state index contributed by atoms with van der Waals surface area (Å²) in [6.07, 6.45) is 1.78. The van der Waals surface area contributed by atoms with Crippen molar-refractivity contribution in [2.75, 3.05) is 7.11 Å². The van der Waals surface area contributed by atoms with Crippen LogP contribution in [-0.2, 0) is 0 Å². The van der Waals surface area contributed by atoms with Crippen molar-refractivity contribution < 1.29 is 4.74 Å². The molecule has 0 amide bonds. The molecule has 0 bridgehead atoms. The Balaban J connectivity index is 1.97. The van der Waals surface area contributed by atoms with Gasteiger partial charge >= 0.3 is 0 Å². The zero-order chi connectivity index (χ0) is 13.1. The number of aromatic nitrogens is 2. The molecule has 19 heavy (non-hydrogen) atoms. The molecule has 3 nitrogen and oxygen atoms in total. The normalized spacial score (nSPS) is 10.4. The number of methoxy groups -OCH3 is 1. The number of rotatable bonds is 3. The zero-order valence-corrected chi connectivity index (χ0v) is 11.2. The molecule has 2 aromatic heterocycles. The summed E-state index contributed by atoms with van der Waals surface area (Å²) in [7, 11) is 1.67. The first-order valence-corrected chi connectivity index (χ1v) is 6.76. The number of hydrogen-bond donors (Lipinski definition) is 0. The van der Waals surface area contributed by atoms with E-state index in [9.17, 15) is 0 Å². The van der Waals surface area contributed by atoms with Crippen LogP contribution >= 0.6 is 11.3 Å². The molecule has 0 N–H and O–H groups in total. The minimum atomic E-state index is 0.838. The second-order valence-electron chi connectivity index (χ2n) is 3.98. The van der Waals surface area contributed by atoms with Gasteiger partial charge in [0, 0.05) is 17.1 Å². The fourth-order valence-corrected chi connectivity index (χ4v) is 2.60. The van der Waals surface area contributed by atoms with Crippen molar-refractivity contribution in [1.29, 1.82) is 0 Å². The maximum Gasteiger partial charge on any atom is 0.142 e. The highest BCUT2D eigenvalue weighted by molar-refractivity contribution is 7.13. The lowest BCUT2D eigenvalue weighted by Gasteiger charge is -2.01. The molecule has 0 spiro atoms. The van der Waals surface area contributed by atoms with Gasteiger partial charge in [0.15, 0.2) is 0 Å². The highest BCUT2D eigenvalue weighted by Crippen LogP contribution is 2.29. The summed E-state index contributed by atoms with van der Waals surface area (Å²) in [6, 6.07) is 13.7. The van der Waals surface area contributed by atoms with Gasteiger partial charge in [-0.25, -0.2) is 4.98 Å². The summed E-state index contributed by atoms with van der Waals surface area (Å²) < 4.78 is 5.23. The smallest absolute Gasteiger partial charge is 0.142 e. The van der Waals surface area contributed by atoms with E-state index in [1.54, 1.807) is 24.6 Å². The summed E-state index contributed by atoms with van der Waals surface area (Å²) in [5.74, 6) is 0.838. The molecule has 4 heteroatoms. The molecule has 3 rings (SSSR count). The molecule has 0 saturated heterocycles. The van der Waals surface area contributed by atoms with E-state index < -0.39 is 0 Å². The minimum Gasteiger partial charge on any atom is -0.497 e. The van der Waals surface area contributed by atoms with Gasteiger partial charge in [-0.05, 0) is 24.3 Å². The predicted octanol–water partition coefficient (Wildman–Crippen LogP) is 3.88. The predicted molar refractivity (Wildman–Crippen MR) is 77.3 cm³/mol. The van der Waals surface area contributed by atoms with Crippen molar-refractivity contribution >= 4 is 11.3 Å². The van der Waals surface area contributed by atoms with E-state index in [2.05, 4.69) is 9.97 Å². The van der Waals surface area contributed by atoms with Gasteiger partial charge < -0.3 is 4.74 Å². The van der Waals surface area contributed by atoms with Gasteiger partial charge in [-0.1, -0.05) is 18.2 Å². The molecule has 0 saturated carbocycles. The summed E-state index contributed by atoms with van der Waals surface area (Å²) in [4.78, 5) is 8.94. The van der Waals surface area contributed by atoms with Crippen LogP contribution < -0.4 is 4.74 Å². The fraction of sp³-hybridized carbons (Fsp3) is 0.0667. The molecular weight excluding hydrogens is 256 g/mol. The Labute approximate surface area is 115 Å². The van der Waals surface area contributed by atoms with Crippen molar-refractivity contribution in [1.82, 2.24) is 9.97 Å². The average molecular weight is 268 g/mol. The monoisotopic (exact) mass is 268 g/mol. The Morgan fingerprint density at radius 1 is 1.05 bits per heavy atom. The Bertz CT molecular complexity index is 679. The summed E-state index contributed by atoms with van der Waals surface area (Å²) >= 11 is 1.60. The van der Waals surface area contributed by atoms with Crippen molar-refractivity contribution in [3.63, 3.8) is 0 Å². The third-order valence-electron chi connectivity index (χ3n) is 2.75. The molecule has 2 heterocycles. The van der Waals surface area contributed by atoms with Crippen LogP contribution in [0.3, 0.4) is 0 Å². The van der Waals surface area contributed by atoms with Crippen LogP contribution in [0.5, 0.6) is 5.75 Å². The first kappa shape index (κ1) is 11.9. The van der Waals surface area contributed by atoms with Crippen molar-refractivity contribution in [3.05, 3.63) is 54.0 Å². The largest absolute Gasteiger partial charge is 0.497 e. The lowest BCUT2D eigenvalue weighted by Crippen LogP contribution is -1.84. The van der Waals surface area contributed by atoms with E-state index in [4.69, 9.17) is 4.74 Å². The lowest BCUT2D eigenvalue weighted by atomic mass is 10.2. The second-order valence-corrected chi connectivity index (χ2v) is 4.84. The third kappa shape index (κ3) is 2.48. The molecule has 0 fully saturated rings. The van der Waals surface area contributed by atoms with Gasteiger partial charge in [-0.15, -0.1) is 11.3 Å². The van der Waals surface area contributed by atoms with Crippen LogP contribution in [0, 0.1) is 0 Å². The van der Waals surface area contributed by atoms with E-state index in [1.165, 1.54) is 0 Å². The van der Waals surface area contributed by atoms with Gasteiger partial charge in [0.05, 0.1) is 18.5 Å². The van der Waals surface area contributed by atoms with Crippen LogP contribution in [0.25, 0.3) is 22.0 Å². The molecule has 0 aliphatic heterocycles. The summed E-state index contributed by atoms with van der Waals surface area (Å²) in [5.41, 5.74) is 2.91. The third-order valence-corrected chi connectivity index (χ3v) is 3.62. The van der Waals surface area contributed by atoms with E-state index in [1.807, 2.05) is 47.8 Å². The average Bonchev–Trinajstić information content (AvgIpc) is 2.98. The van der Waals surface area contributed by atoms with E-state index in [0.717, 1.165) is 27.7 Å². The standard InChI is InChI=1S/C15H12N2OS/c1-18-12-6-4-5-11(9-12)14-10-19-15(17-14)13-7-2-3-8-16-13/h2-10H,1H3. The number of ether oxygens (including phenoxy) is 1. The second kappa shape index (κ2) is 5.20. The molecule has 3 aromatic rings. The molecule has 0 unspecified atom stereocenters. The molecule has 0 aliphatic carbocycles. The number of thiazole rings is 1. The number of hydrogen-bond acceptors (Lipinski definition) is 4. The van der Waals surface area contributed by atoms with Gasteiger partial charge in [0.25, 0.3) is 0 Å².